The van der Waals surface area contributed by atoms with Gasteiger partial charge in [-0.25, -0.2) is 4.99 Å². The number of benzene rings is 2. The van der Waals surface area contributed by atoms with Crippen LogP contribution in [0.25, 0.3) is 17.4 Å². The van der Waals surface area contributed by atoms with Gasteiger partial charge in [0.05, 0.1) is 15.6 Å². The van der Waals surface area contributed by atoms with Crippen LogP contribution in [0, 0.1) is 0 Å². The highest BCUT2D eigenvalue weighted by atomic mass is 35.5. The number of amides is 1. The summed E-state index contributed by atoms with van der Waals surface area (Å²) in [6.45, 7) is 2.65. The Balaban J connectivity index is 1.63. The Labute approximate surface area is 189 Å². The lowest BCUT2D eigenvalue weighted by Crippen LogP contribution is -2.29. The molecule has 0 aliphatic carbocycles. The van der Waals surface area contributed by atoms with E-state index in [0.717, 1.165) is 17.7 Å². The molecule has 4 nitrogen and oxygen atoms in total. The van der Waals surface area contributed by atoms with E-state index >= 15 is 0 Å². The maximum atomic E-state index is 12.9. The monoisotopic (exact) mass is 456 g/mol. The molecular weight excluding hydrogens is 439 g/mol. The number of rotatable bonds is 5. The topological polar surface area (TPSA) is 45.8 Å². The summed E-state index contributed by atoms with van der Waals surface area (Å²) in [5.74, 6) is 1.12. The second kappa shape index (κ2) is 9.13. The number of hydrogen-bond donors (Lipinski definition) is 0. The van der Waals surface area contributed by atoms with Gasteiger partial charge in [-0.3, -0.25) is 9.69 Å². The maximum Gasteiger partial charge on any atom is 0.266 e. The van der Waals surface area contributed by atoms with E-state index in [1.165, 1.54) is 11.8 Å². The maximum absolute atomic E-state index is 12.9. The zero-order valence-corrected chi connectivity index (χ0v) is 18.5. The third kappa shape index (κ3) is 4.48. The van der Waals surface area contributed by atoms with Crippen molar-refractivity contribution in [2.75, 3.05) is 6.54 Å². The summed E-state index contributed by atoms with van der Waals surface area (Å²) >= 11 is 13.6. The molecular formula is C23H18Cl2N2O2S. The number of halogens is 2. The van der Waals surface area contributed by atoms with Crippen molar-refractivity contribution < 1.29 is 9.21 Å². The molecule has 2 aromatic carbocycles. The number of aliphatic imine (C=N–C) groups is 1. The molecule has 0 saturated carbocycles. The highest BCUT2D eigenvalue weighted by Gasteiger charge is 2.33. The van der Waals surface area contributed by atoms with Crippen molar-refractivity contribution in [3.63, 3.8) is 0 Å². The normalized spacial score (nSPS) is 16.8. The van der Waals surface area contributed by atoms with Gasteiger partial charge in [-0.2, -0.15) is 0 Å². The molecule has 0 atom stereocenters. The first-order valence-corrected chi connectivity index (χ1v) is 11.0. The van der Waals surface area contributed by atoms with Crippen molar-refractivity contribution in [2.24, 2.45) is 4.99 Å². The summed E-state index contributed by atoms with van der Waals surface area (Å²) < 4.78 is 5.92. The Morgan fingerprint density at radius 2 is 1.90 bits per heavy atom. The van der Waals surface area contributed by atoms with Crippen molar-refractivity contribution >= 4 is 57.8 Å². The lowest BCUT2D eigenvalue weighted by molar-refractivity contribution is -0.122. The molecule has 4 rings (SSSR count). The van der Waals surface area contributed by atoms with Gasteiger partial charge in [0.2, 0.25) is 0 Å². The van der Waals surface area contributed by atoms with Crippen LogP contribution < -0.4 is 0 Å². The smallest absolute Gasteiger partial charge is 0.266 e. The first-order valence-electron chi connectivity index (χ1n) is 9.45. The Kier molecular flexibility index (Phi) is 6.32. The van der Waals surface area contributed by atoms with Crippen LogP contribution >= 0.6 is 35.0 Å². The van der Waals surface area contributed by atoms with Crippen molar-refractivity contribution in [1.82, 2.24) is 4.90 Å². The number of thioether (sulfide) groups is 1. The molecule has 2 heterocycles. The van der Waals surface area contributed by atoms with E-state index in [2.05, 4.69) is 4.99 Å². The molecule has 1 aliphatic heterocycles. The summed E-state index contributed by atoms with van der Waals surface area (Å²) in [6.07, 6.45) is 2.59. The summed E-state index contributed by atoms with van der Waals surface area (Å²) in [5.41, 5.74) is 1.56. The molecule has 30 heavy (non-hydrogen) atoms. The van der Waals surface area contributed by atoms with E-state index in [0.29, 0.717) is 38.2 Å². The molecule has 1 amide bonds. The fourth-order valence-electron chi connectivity index (χ4n) is 3.02. The number of carbonyl (C=O) groups is 1. The average molecular weight is 457 g/mol. The van der Waals surface area contributed by atoms with Gasteiger partial charge < -0.3 is 4.42 Å². The molecule has 7 heteroatoms. The third-order valence-corrected chi connectivity index (χ3v) is 5.97. The third-order valence-electron chi connectivity index (χ3n) is 4.41. The van der Waals surface area contributed by atoms with Crippen LogP contribution in [0.1, 0.15) is 19.1 Å². The van der Waals surface area contributed by atoms with E-state index in [4.69, 9.17) is 27.6 Å². The minimum Gasteiger partial charge on any atom is -0.457 e. The Bertz CT molecular complexity index is 1140. The second-order valence-corrected chi connectivity index (χ2v) is 8.48. The van der Waals surface area contributed by atoms with Crippen molar-refractivity contribution in [3.05, 3.63) is 81.4 Å². The summed E-state index contributed by atoms with van der Waals surface area (Å²) in [5, 5.41) is 1.74. The SMILES string of the molecule is CCCN1C(=O)/C(=C\c2ccc(-c3ccc(Cl)cc3Cl)o2)SC1=Nc1ccccc1. The summed E-state index contributed by atoms with van der Waals surface area (Å²) in [6, 6.07) is 18.5. The number of carbonyl (C=O) groups excluding carboxylic acids is 1. The predicted octanol–water partition coefficient (Wildman–Crippen LogP) is 7.27. The van der Waals surface area contributed by atoms with Gasteiger partial charge in [0.25, 0.3) is 5.91 Å². The van der Waals surface area contributed by atoms with Crippen molar-refractivity contribution in [1.29, 1.82) is 0 Å². The Morgan fingerprint density at radius 1 is 1.10 bits per heavy atom. The molecule has 1 fully saturated rings. The predicted molar refractivity (Wildman–Crippen MR) is 125 cm³/mol. The molecule has 1 saturated heterocycles. The molecule has 0 unspecified atom stereocenters. The minimum absolute atomic E-state index is 0.0704. The largest absolute Gasteiger partial charge is 0.457 e. The number of nitrogens with zero attached hydrogens (tertiary/aromatic N) is 2. The van der Waals surface area contributed by atoms with E-state index in [1.54, 1.807) is 23.1 Å². The molecule has 3 aromatic rings. The molecule has 0 radical (unpaired) electrons. The first-order chi connectivity index (χ1) is 14.5. The molecule has 0 N–H and O–H groups in total. The van der Waals surface area contributed by atoms with E-state index in [-0.39, 0.29) is 5.91 Å². The van der Waals surface area contributed by atoms with Gasteiger partial charge in [0, 0.05) is 23.2 Å². The fourth-order valence-corrected chi connectivity index (χ4v) is 4.53. The number of para-hydroxylation sites is 1. The number of furan rings is 1. The highest BCUT2D eigenvalue weighted by molar-refractivity contribution is 8.18. The summed E-state index contributed by atoms with van der Waals surface area (Å²) in [7, 11) is 0. The van der Waals surface area contributed by atoms with E-state index in [9.17, 15) is 4.79 Å². The second-order valence-electron chi connectivity index (χ2n) is 6.62. The van der Waals surface area contributed by atoms with Crippen LogP contribution in [0.3, 0.4) is 0 Å². The molecule has 0 bridgehead atoms. The van der Waals surface area contributed by atoms with Gasteiger partial charge in [-0.15, -0.1) is 0 Å². The Hall–Kier alpha value is -2.47. The quantitative estimate of drug-likeness (QED) is 0.379. The van der Waals surface area contributed by atoms with Crippen LogP contribution in [0.4, 0.5) is 5.69 Å². The first kappa shape index (κ1) is 20.8. The van der Waals surface area contributed by atoms with Crippen LogP contribution in [0.2, 0.25) is 10.0 Å². The lowest BCUT2D eigenvalue weighted by Gasteiger charge is -2.13. The zero-order chi connectivity index (χ0) is 21.1. The summed E-state index contributed by atoms with van der Waals surface area (Å²) in [4.78, 5) is 19.9. The molecule has 152 valence electrons. The highest BCUT2D eigenvalue weighted by Crippen LogP contribution is 2.36. The van der Waals surface area contributed by atoms with Gasteiger partial charge >= 0.3 is 0 Å². The molecule has 1 aromatic heterocycles. The van der Waals surface area contributed by atoms with Gasteiger partial charge in [0.15, 0.2) is 5.17 Å². The number of hydrogen-bond acceptors (Lipinski definition) is 4. The van der Waals surface area contributed by atoms with Crippen LogP contribution in [-0.4, -0.2) is 22.5 Å². The van der Waals surface area contributed by atoms with Gasteiger partial charge in [-0.05, 0) is 60.6 Å². The molecule has 1 aliphatic rings. The van der Waals surface area contributed by atoms with Gasteiger partial charge in [-0.1, -0.05) is 48.3 Å². The standard InChI is InChI=1S/C23H18Cl2N2O2S/c1-2-12-27-22(28)21(30-23(27)26-16-6-4-3-5-7-16)14-17-9-11-20(29-17)18-10-8-15(24)13-19(18)25/h3-11,13-14H,2,12H2,1H3/b21-14+,26-23?. The van der Waals surface area contributed by atoms with E-state index in [1.807, 2.05) is 55.5 Å². The zero-order valence-electron chi connectivity index (χ0n) is 16.1. The Morgan fingerprint density at radius 3 is 2.63 bits per heavy atom. The number of amidine groups is 1. The lowest BCUT2D eigenvalue weighted by atomic mass is 10.2. The van der Waals surface area contributed by atoms with Crippen LogP contribution in [-0.2, 0) is 4.79 Å². The van der Waals surface area contributed by atoms with Crippen LogP contribution in [0.5, 0.6) is 0 Å². The molecule has 0 spiro atoms. The van der Waals surface area contributed by atoms with Crippen LogP contribution in [0.15, 0.2) is 75.0 Å². The van der Waals surface area contributed by atoms with Crippen molar-refractivity contribution in [2.45, 2.75) is 13.3 Å². The van der Waals surface area contributed by atoms with Crippen molar-refractivity contribution in [3.8, 4) is 11.3 Å². The van der Waals surface area contributed by atoms with E-state index < -0.39 is 0 Å². The fraction of sp³-hybridized carbons (Fsp3) is 0.130. The average Bonchev–Trinajstić information content (AvgIpc) is 3.30. The minimum atomic E-state index is -0.0704. The van der Waals surface area contributed by atoms with Gasteiger partial charge in [0.1, 0.15) is 11.5 Å².